The van der Waals surface area contributed by atoms with Gasteiger partial charge < -0.3 is 10.2 Å². The molecule has 0 bridgehead atoms. The van der Waals surface area contributed by atoms with Gasteiger partial charge in [-0.3, -0.25) is 9.69 Å². The van der Waals surface area contributed by atoms with Gasteiger partial charge in [-0.05, 0) is 0 Å². The molecule has 20 heavy (non-hydrogen) atoms. The molecule has 0 saturated carbocycles. The summed E-state index contributed by atoms with van der Waals surface area (Å²) in [6.07, 6.45) is 1.70. The van der Waals surface area contributed by atoms with Crippen LogP contribution in [-0.4, -0.2) is 86.5 Å². The van der Waals surface area contributed by atoms with Crippen molar-refractivity contribution in [2.75, 3.05) is 57.0 Å². The highest BCUT2D eigenvalue weighted by Crippen LogP contribution is 2.20. The number of sulfone groups is 1. The van der Waals surface area contributed by atoms with Gasteiger partial charge in [0.25, 0.3) is 0 Å². The van der Waals surface area contributed by atoms with Gasteiger partial charge in [0.1, 0.15) is 5.37 Å². The number of carbonyl (C=O) groups is 1. The van der Waals surface area contributed by atoms with E-state index >= 15 is 0 Å². The standard InChI is InChI=1S/C12H23N3O3S2/c1-20(17,18)12-10-19-9-8-15(12)5-2-11(16)14-6-3-13-4-7-14/h12-13H,2-10H2,1H3. The zero-order chi connectivity index (χ0) is 14.6. The van der Waals surface area contributed by atoms with Crippen molar-refractivity contribution < 1.29 is 13.2 Å². The van der Waals surface area contributed by atoms with Gasteiger partial charge in [-0.1, -0.05) is 0 Å². The van der Waals surface area contributed by atoms with Gasteiger partial charge in [-0.15, -0.1) is 0 Å². The van der Waals surface area contributed by atoms with Crippen LogP contribution in [0.5, 0.6) is 0 Å². The van der Waals surface area contributed by atoms with Crippen molar-refractivity contribution in [3.63, 3.8) is 0 Å². The van der Waals surface area contributed by atoms with E-state index in [-0.39, 0.29) is 5.91 Å². The number of hydrogen-bond donors (Lipinski definition) is 1. The Morgan fingerprint density at radius 2 is 2.00 bits per heavy atom. The van der Waals surface area contributed by atoms with Crippen molar-refractivity contribution in [1.82, 2.24) is 15.1 Å². The number of nitrogens with one attached hydrogen (secondary N) is 1. The predicted molar refractivity (Wildman–Crippen MR) is 81.6 cm³/mol. The van der Waals surface area contributed by atoms with E-state index in [9.17, 15) is 13.2 Å². The lowest BCUT2D eigenvalue weighted by Crippen LogP contribution is -2.50. The third-order valence-corrected chi connectivity index (χ3v) is 6.45. The summed E-state index contributed by atoms with van der Waals surface area (Å²) in [4.78, 5) is 15.9. The monoisotopic (exact) mass is 321 g/mol. The number of nitrogens with zero attached hydrogens (tertiary/aromatic N) is 2. The summed E-state index contributed by atoms with van der Waals surface area (Å²) in [6.45, 7) is 4.49. The maximum atomic E-state index is 12.1. The van der Waals surface area contributed by atoms with Crippen molar-refractivity contribution in [3.05, 3.63) is 0 Å². The summed E-state index contributed by atoms with van der Waals surface area (Å²) in [5, 5.41) is 2.78. The average Bonchev–Trinajstić information content (AvgIpc) is 2.45. The van der Waals surface area contributed by atoms with Gasteiger partial charge in [0.15, 0.2) is 9.84 Å². The highest BCUT2D eigenvalue weighted by molar-refractivity contribution is 8.00. The highest BCUT2D eigenvalue weighted by atomic mass is 32.2. The van der Waals surface area contributed by atoms with Crippen LogP contribution in [0.25, 0.3) is 0 Å². The number of carbonyl (C=O) groups excluding carboxylic acids is 1. The largest absolute Gasteiger partial charge is 0.340 e. The molecule has 0 aliphatic carbocycles. The van der Waals surface area contributed by atoms with Crippen LogP contribution in [-0.2, 0) is 14.6 Å². The molecule has 2 fully saturated rings. The predicted octanol–water partition coefficient (Wildman–Crippen LogP) is -0.772. The lowest BCUT2D eigenvalue weighted by Gasteiger charge is -2.34. The molecular formula is C12H23N3O3S2. The quantitative estimate of drug-likeness (QED) is 0.733. The number of piperazine rings is 1. The van der Waals surface area contributed by atoms with Crippen LogP contribution in [0, 0.1) is 0 Å². The molecule has 1 N–H and O–H groups in total. The SMILES string of the molecule is CS(=O)(=O)C1CSCCN1CCC(=O)N1CCNCC1. The molecule has 1 unspecified atom stereocenters. The van der Waals surface area contributed by atoms with E-state index in [1.807, 2.05) is 9.80 Å². The van der Waals surface area contributed by atoms with Gasteiger partial charge >= 0.3 is 0 Å². The zero-order valence-corrected chi connectivity index (χ0v) is 13.5. The molecular weight excluding hydrogens is 298 g/mol. The summed E-state index contributed by atoms with van der Waals surface area (Å²) in [5.74, 6) is 1.69. The Bertz CT molecular complexity index is 435. The van der Waals surface area contributed by atoms with Crippen molar-refractivity contribution in [2.24, 2.45) is 0 Å². The van der Waals surface area contributed by atoms with E-state index < -0.39 is 15.2 Å². The molecule has 2 saturated heterocycles. The van der Waals surface area contributed by atoms with E-state index in [2.05, 4.69) is 5.32 Å². The number of amides is 1. The molecule has 8 heteroatoms. The summed E-state index contributed by atoms with van der Waals surface area (Å²) >= 11 is 1.67. The van der Waals surface area contributed by atoms with E-state index in [1.165, 1.54) is 6.26 Å². The number of rotatable bonds is 4. The van der Waals surface area contributed by atoms with Crippen LogP contribution >= 0.6 is 11.8 Å². The Hall–Kier alpha value is -0.310. The third kappa shape index (κ3) is 4.34. The third-order valence-electron chi connectivity index (χ3n) is 3.77. The van der Waals surface area contributed by atoms with Crippen LogP contribution in [0.2, 0.25) is 0 Å². The van der Waals surface area contributed by atoms with Gasteiger partial charge in [0.05, 0.1) is 0 Å². The molecule has 2 aliphatic rings. The van der Waals surface area contributed by atoms with Gasteiger partial charge in [-0.25, -0.2) is 8.42 Å². The number of thioether (sulfide) groups is 1. The van der Waals surface area contributed by atoms with Crippen LogP contribution in [0.1, 0.15) is 6.42 Å². The molecule has 0 aromatic heterocycles. The van der Waals surface area contributed by atoms with Gasteiger partial charge in [0, 0.05) is 63.5 Å². The molecule has 2 rings (SSSR count). The molecule has 0 aromatic carbocycles. The zero-order valence-electron chi connectivity index (χ0n) is 11.9. The minimum Gasteiger partial charge on any atom is -0.340 e. The molecule has 2 heterocycles. The maximum Gasteiger partial charge on any atom is 0.223 e. The molecule has 0 radical (unpaired) electrons. The molecule has 2 aliphatic heterocycles. The summed E-state index contributed by atoms with van der Waals surface area (Å²) in [6, 6.07) is 0. The fourth-order valence-corrected chi connectivity index (χ4v) is 5.55. The Morgan fingerprint density at radius 3 is 2.65 bits per heavy atom. The van der Waals surface area contributed by atoms with E-state index in [0.29, 0.717) is 18.7 Å². The smallest absolute Gasteiger partial charge is 0.223 e. The lowest BCUT2D eigenvalue weighted by atomic mass is 10.3. The van der Waals surface area contributed by atoms with E-state index in [1.54, 1.807) is 11.8 Å². The molecule has 1 amide bonds. The minimum atomic E-state index is -3.08. The normalized spacial score (nSPS) is 25.6. The van der Waals surface area contributed by atoms with Crippen molar-refractivity contribution in [3.8, 4) is 0 Å². The second-order valence-corrected chi connectivity index (χ2v) is 8.63. The van der Waals surface area contributed by atoms with Gasteiger partial charge in [-0.2, -0.15) is 11.8 Å². The van der Waals surface area contributed by atoms with E-state index in [4.69, 9.17) is 0 Å². The first kappa shape index (κ1) is 16.1. The number of hydrogen-bond acceptors (Lipinski definition) is 6. The second-order valence-electron chi connectivity index (χ2n) is 5.28. The van der Waals surface area contributed by atoms with Crippen molar-refractivity contribution in [1.29, 1.82) is 0 Å². The Labute approximate surface area is 125 Å². The maximum absolute atomic E-state index is 12.1. The Kier molecular flexibility index (Phi) is 5.71. The van der Waals surface area contributed by atoms with Crippen LogP contribution < -0.4 is 5.32 Å². The molecule has 0 spiro atoms. The fraction of sp³-hybridized carbons (Fsp3) is 0.917. The topological polar surface area (TPSA) is 69.7 Å². The van der Waals surface area contributed by atoms with Crippen molar-refractivity contribution >= 4 is 27.5 Å². The lowest BCUT2D eigenvalue weighted by molar-refractivity contribution is -0.132. The van der Waals surface area contributed by atoms with Crippen molar-refractivity contribution in [2.45, 2.75) is 11.8 Å². The summed E-state index contributed by atoms with van der Waals surface area (Å²) in [7, 11) is -3.08. The minimum absolute atomic E-state index is 0.136. The first-order valence-electron chi connectivity index (χ1n) is 6.97. The molecule has 116 valence electrons. The van der Waals surface area contributed by atoms with Crippen LogP contribution in [0.4, 0.5) is 0 Å². The molecule has 1 atom stereocenters. The first-order valence-corrected chi connectivity index (χ1v) is 10.1. The first-order chi connectivity index (χ1) is 9.48. The van der Waals surface area contributed by atoms with Crippen LogP contribution in [0.15, 0.2) is 0 Å². The van der Waals surface area contributed by atoms with E-state index in [0.717, 1.165) is 38.5 Å². The Balaban J connectivity index is 1.86. The average molecular weight is 321 g/mol. The second kappa shape index (κ2) is 7.11. The molecule has 0 aromatic rings. The highest BCUT2D eigenvalue weighted by Gasteiger charge is 2.31. The fourth-order valence-electron chi connectivity index (χ4n) is 2.58. The van der Waals surface area contributed by atoms with Crippen LogP contribution in [0.3, 0.4) is 0 Å². The Morgan fingerprint density at radius 1 is 1.30 bits per heavy atom. The molecule has 6 nitrogen and oxygen atoms in total. The summed E-state index contributed by atoms with van der Waals surface area (Å²) < 4.78 is 23.6. The summed E-state index contributed by atoms with van der Waals surface area (Å²) in [5.41, 5.74) is 0. The van der Waals surface area contributed by atoms with Gasteiger partial charge in [0.2, 0.25) is 5.91 Å².